The average Bonchev–Trinajstić information content (AvgIpc) is 2.43. The van der Waals surface area contributed by atoms with Crippen molar-refractivity contribution in [2.45, 2.75) is 13.1 Å². The van der Waals surface area contributed by atoms with E-state index in [4.69, 9.17) is 22.4 Å². The summed E-state index contributed by atoms with van der Waals surface area (Å²) in [5.74, 6) is -2.35. The normalized spacial score (nSPS) is 11.6. The maximum Gasteiger partial charge on any atom is 0.417 e. The fraction of sp³-hybridized carbons (Fsp3) is 0.133. The molecule has 0 radical (unpaired) electrons. The molecule has 122 valence electrons. The van der Waals surface area contributed by atoms with Gasteiger partial charge in [-0.25, -0.2) is 9.18 Å². The van der Waals surface area contributed by atoms with Crippen molar-refractivity contribution in [3.63, 3.8) is 0 Å². The van der Waals surface area contributed by atoms with Crippen LogP contribution in [0.25, 0.3) is 11.1 Å². The molecule has 0 unspecified atom stereocenters. The Labute approximate surface area is 133 Å². The molecule has 0 spiro atoms. The molecule has 0 aliphatic rings. The van der Waals surface area contributed by atoms with E-state index in [1.165, 1.54) is 6.92 Å². The van der Waals surface area contributed by atoms with Crippen molar-refractivity contribution in [3.05, 3.63) is 51.8 Å². The summed E-state index contributed by atoms with van der Waals surface area (Å²) in [5.41, 5.74) is 3.12. The fourth-order valence-electron chi connectivity index (χ4n) is 2.26. The Morgan fingerprint density at radius 2 is 1.87 bits per heavy atom. The Balaban J connectivity index is 2.88. The maximum atomic E-state index is 13.3. The Morgan fingerprint density at radius 1 is 1.26 bits per heavy atom. The summed E-state index contributed by atoms with van der Waals surface area (Å²) in [7, 11) is 0. The molecule has 0 heterocycles. The minimum Gasteiger partial charge on any atom is -0.478 e. The van der Waals surface area contributed by atoms with Gasteiger partial charge in [-0.2, -0.15) is 13.2 Å². The molecule has 2 aromatic carbocycles. The summed E-state index contributed by atoms with van der Waals surface area (Å²) in [6.45, 7) is 1.27. The number of hydrogen-bond acceptors (Lipinski definition) is 2. The Kier molecular flexibility index (Phi) is 4.26. The predicted octanol–water partition coefficient (Wildman–Crippen LogP) is 4.75. The van der Waals surface area contributed by atoms with Crippen molar-refractivity contribution in [2.75, 3.05) is 5.73 Å². The molecule has 0 saturated heterocycles. The predicted molar refractivity (Wildman–Crippen MR) is 78.0 cm³/mol. The molecule has 2 rings (SSSR count). The van der Waals surface area contributed by atoms with Crippen LogP contribution in [0.3, 0.4) is 0 Å². The van der Waals surface area contributed by atoms with Gasteiger partial charge < -0.3 is 10.8 Å². The second-order valence-electron chi connectivity index (χ2n) is 4.82. The van der Waals surface area contributed by atoms with Gasteiger partial charge in [-0.3, -0.25) is 0 Å². The van der Waals surface area contributed by atoms with Gasteiger partial charge >= 0.3 is 12.1 Å². The molecular formula is C15H10ClF4NO2. The molecule has 0 fully saturated rings. The molecule has 23 heavy (non-hydrogen) atoms. The molecule has 0 saturated carbocycles. The van der Waals surface area contributed by atoms with Crippen molar-refractivity contribution < 1.29 is 27.5 Å². The first kappa shape index (κ1) is 17.1. The van der Waals surface area contributed by atoms with Gasteiger partial charge in [0.15, 0.2) is 0 Å². The number of nitrogens with two attached hydrogens (primary N) is 1. The highest BCUT2D eigenvalue weighted by Gasteiger charge is 2.36. The summed E-state index contributed by atoms with van der Waals surface area (Å²) in [6, 6.07) is 3.56. The van der Waals surface area contributed by atoms with E-state index in [2.05, 4.69) is 0 Å². The molecule has 8 heteroatoms. The van der Waals surface area contributed by atoms with E-state index in [0.29, 0.717) is 6.07 Å². The molecule has 0 bridgehead atoms. The average molecular weight is 348 g/mol. The number of carbonyl (C=O) groups is 1. The standard InChI is InChI=1S/C15H10ClF4NO2/c1-6-12(7-2-3-11(17)10(16)4-7)9(15(18,19)20)5-8(13(6)21)14(22)23/h2-5H,21H2,1H3,(H,22,23). The first-order valence-corrected chi connectivity index (χ1v) is 6.60. The van der Waals surface area contributed by atoms with Gasteiger partial charge in [0, 0.05) is 5.69 Å². The summed E-state index contributed by atoms with van der Waals surface area (Å²) in [4.78, 5) is 11.1. The molecule has 0 amide bonds. The number of anilines is 1. The topological polar surface area (TPSA) is 63.3 Å². The van der Waals surface area contributed by atoms with Crippen LogP contribution in [0.15, 0.2) is 24.3 Å². The van der Waals surface area contributed by atoms with E-state index >= 15 is 0 Å². The van der Waals surface area contributed by atoms with Gasteiger partial charge in [0.2, 0.25) is 0 Å². The van der Waals surface area contributed by atoms with Gasteiger partial charge in [-0.15, -0.1) is 0 Å². The number of halogens is 5. The number of benzene rings is 2. The van der Waals surface area contributed by atoms with Gasteiger partial charge in [0.25, 0.3) is 0 Å². The quantitative estimate of drug-likeness (QED) is 0.608. The highest BCUT2D eigenvalue weighted by Crippen LogP contribution is 2.42. The van der Waals surface area contributed by atoms with Crippen LogP contribution in [0, 0.1) is 12.7 Å². The number of nitrogen functional groups attached to an aromatic ring is 1. The van der Waals surface area contributed by atoms with E-state index in [1.54, 1.807) is 0 Å². The van der Waals surface area contributed by atoms with Crippen molar-refractivity contribution in [2.24, 2.45) is 0 Å². The smallest absolute Gasteiger partial charge is 0.417 e. The maximum absolute atomic E-state index is 13.3. The monoisotopic (exact) mass is 347 g/mol. The minimum atomic E-state index is -4.82. The third-order valence-electron chi connectivity index (χ3n) is 3.37. The van der Waals surface area contributed by atoms with Crippen LogP contribution in [-0.2, 0) is 6.18 Å². The van der Waals surface area contributed by atoms with Gasteiger partial charge in [-0.1, -0.05) is 17.7 Å². The van der Waals surface area contributed by atoms with Gasteiger partial charge in [0.05, 0.1) is 16.1 Å². The second kappa shape index (κ2) is 5.73. The number of carboxylic acids is 1. The molecule has 0 aromatic heterocycles. The van der Waals surface area contributed by atoms with Crippen LogP contribution < -0.4 is 5.73 Å². The Bertz CT molecular complexity index is 803. The second-order valence-corrected chi connectivity index (χ2v) is 5.22. The third-order valence-corrected chi connectivity index (χ3v) is 3.66. The van der Waals surface area contributed by atoms with Gasteiger partial charge in [0.1, 0.15) is 5.82 Å². The molecular weight excluding hydrogens is 338 g/mol. The molecule has 0 atom stereocenters. The lowest BCUT2D eigenvalue weighted by Gasteiger charge is -2.19. The van der Waals surface area contributed by atoms with Crippen LogP contribution in [0.1, 0.15) is 21.5 Å². The number of rotatable bonds is 2. The zero-order valence-corrected chi connectivity index (χ0v) is 12.4. The molecule has 3 nitrogen and oxygen atoms in total. The minimum absolute atomic E-state index is 0.00939. The van der Waals surface area contributed by atoms with E-state index in [0.717, 1.165) is 18.2 Å². The van der Waals surface area contributed by atoms with Crippen LogP contribution in [0.2, 0.25) is 5.02 Å². The number of aromatic carboxylic acids is 1. The van der Waals surface area contributed by atoms with Crippen molar-refractivity contribution in [1.82, 2.24) is 0 Å². The first-order chi connectivity index (χ1) is 10.5. The van der Waals surface area contributed by atoms with Crippen LogP contribution >= 0.6 is 11.6 Å². The third kappa shape index (κ3) is 3.10. The molecule has 3 N–H and O–H groups in total. The van der Waals surface area contributed by atoms with Crippen LogP contribution in [-0.4, -0.2) is 11.1 Å². The fourth-order valence-corrected chi connectivity index (χ4v) is 2.44. The first-order valence-electron chi connectivity index (χ1n) is 6.23. The Hall–Kier alpha value is -2.28. The zero-order chi connectivity index (χ0) is 17.5. The van der Waals surface area contributed by atoms with E-state index in [1.807, 2.05) is 0 Å². The van der Waals surface area contributed by atoms with Crippen LogP contribution in [0.4, 0.5) is 23.2 Å². The lowest BCUT2D eigenvalue weighted by Crippen LogP contribution is -2.14. The van der Waals surface area contributed by atoms with Gasteiger partial charge in [-0.05, 0) is 41.8 Å². The summed E-state index contributed by atoms with van der Waals surface area (Å²) in [5, 5.41) is 8.65. The number of hydrogen-bond donors (Lipinski definition) is 2. The highest BCUT2D eigenvalue weighted by atomic mass is 35.5. The molecule has 0 aliphatic carbocycles. The number of carboxylic acid groups (broad SMARTS) is 1. The largest absolute Gasteiger partial charge is 0.478 e. The molecule has 2 aromatic rings. The Morgan fingerprint density at radius 3 is 2.35 bits per heavy atom. The van der Waals surface area contributed by atoms with E-state index in [-0.39, 0.29) is 27.4 Å². The summed E-state index contributed by atoms with van der Waals surface area (Å²) >= 11 is 5.62. The van der Waals surface area contributed by atoms with E-state index in [9.17, 15) is 22.4 Å². The lowest BCUT2D eigenvalue weighted by atomic mass is 9.90. The van der Waals surface area contributed by atoms with Crippen molar-refractivity contribution in [3.8, 4) is 11.1 Å². The lowest BCUT2D eigenvalue weighted by molar-refractivity contribution is -0.137. The highest BCUT2D eigenvalue weighted by molar-refractivity contribution is 6.31. The van der Waals surface area contributed by atoms with Crippen molar-refractivity contribution >= 4 is 23.3 Å². The molecule has 0 aliphatic heterocycles. The number of alkyl halides is 3. The van der Waals surface area contributed by atoms with Crippen LogP contribution in [0.5, 0.6) is 0 Å². The zero-order valence-electron chi connectivity index (χ0n) is 11.6. The summed E-state index contributed by atoms with van der Waals surface area (Å²) < 4.78 is 53.2. The SMILES string of the molecule is Cc1c(N)c(C(=O)O)cc(C(F)(F)F)c1-c1ccc(F)c(Cl)c1. The van der Waals surface area contributed by atoms with Crippen molar-refractivity contribution in [1.29, 1.82) is 0 Å². The summed E-state index contributed by atoms with van der Waals surface area (Å²) in [6.07, 6.45) is -4.82. The van der Waals surface area contributed by atoms with E-state index < -0.39 is 29.1 Å².